The van der Waals surface area contributed by atoms with Crippen LogP contribution in [0.25, 0.3) is 0 Å². The van der Waals surface area contributed by atoms with Crippen molar-refractivity contribution >= 4 is 23.4 Å². The van der Waals surface area contributed by atoms with Gasteiger partial charge < -0.3 is 16.0 Å². The Morgan fingerprint density at radius 1 is 0.900 bits per heavy atom. The molecule has 0 unspecified atom stereocenters. The fourth-order valence-electron chi connectivity index (χ4n) is 3.14. The van der Waals surface area contributed by atoms with Crippen molar-refractivity contribution in [3.8, 4) is 0 Å². The van der Waals surface area contributed by atoms with E-state index in [1.807, 2.05) is 65.0 Å². The summed E-state index contributed by atoms with van der Waals surface area (Å²) in [5.41, 5.74) is 4.16. The molecule has 0 bridgehead atoms. The molecule has 0 radical (unpaired) electrons. The number of carbonyl (C=O) groups excluding carboxylic acids is 3. The van der Waals surface area contributed by atoms with E-state index in [9.17, 15) is 14.4 Å². The highest BCUT2D eigenvalue weighted by Crippen LogP contribution is 2.17. The third-order valence-electron chi connectivity index (χ3n) is 5.02. The number of amides is 3. The Morgan fingerprint density at radius 3 is 2.23 bits per heavy atom. The molecule has 0 heterocycles. The van der Waals surface area contributed by atoms with Crippen LogP contribution >= 0.6 is 0 Å². The number of carbonyl (C=O) groups is 3. The van der Waals surface area contributed by atoms with Gasteiger partial charge in [0.15, 0.2) is 0 Å². The molecule has 3 N–H and O–H groups in total. The largest absolute Gasteiger partial charge is 0.345 e. The van der Waals surface area contributed by atoms with E-state index in [0.717, 1.165) is 22.4 Å². The van der Waals surface area contributed by atoms with E-state index in [1.54, 1.807) is 12.1 Å². The Bertz CT molecular complexity index is 922. The molecule has 1 atom stereocenters. The zero-order valence-corrected chi connectivity index (χ0v) is 18.3. The third kappa shape index (κ3) is 6.44. The van der Waals surface area contributed by atoms with Crippen molar-refractivity contribution in [1.29, 1.82) is 0 Å². The van der Waals surface area contributed by atoms with Crippen molar-refractivity contribution in [3.63, 3.8) is 0 Å². The van der Waals surface area contributed by atoms with Gasteiger partial charge in [-0.2, -0.15) is 0 Å². The second-order valence-electron chi connectivity index (χ2n) is 7.98. The molecular weight excluding hydrogens is 378 g/mol. The average molecular weight is 410 g/mol. The Morgan fingerprint density at radius 2 is 1.57 bits per heavy atom. The lowest BCUT2D eigenvalue weighted by Gasteiger charge is -2.20. The van der Waals surface area contributed by atoms with Gasteiger partial charge in [-0.1, -0.05) is 44.2 Å². The summed E-state index contributed by atoms with van der Waals surface area (Å²) in [7, 11) is 0. The quantitative estimate of drug-likeness (QED) is 0.623. The van der Waals surface area contributed by atoms with Gasteiger partial charge in [-0.25, -0.2) is 0 Å². The summed E-state index contributed by atoms with van der Waals surface area (Å²) in [6.45, 7) is 9.55. The Hall–Kier alpha value is -3.15. The summed E-state index contributed by atoms with van der Waals surface area (Å²) < 4.78 is 0. The molecule has 2 aromatic carbocycles. The number of hydrogen-bond donors (Lipinski definition) is 3. The van der Waals surface area contributed by atoms with Gasteiger partial charge >= 0.3 is 0 Å². The maximum absolute atomic E-state index is 12.7. The Labute approximate surface area is 178 Å². The highest BCUT2D eigenvalue weighted by atomic mass is 16.2. The summed E-state index contributed by atoms with van der Waals surface area (Å²) in [6, 6.07) is 12.2. The lowest BCUT2D eigenvalue weighted by Crippen LogP contribution is -2.49. The molecule has 0 aliphatic rings. The van der Waals surface area contributed by atoms with E-state index in [0.29, 0.717) is 12.0 Å². The molecule has 0 fully saturated rings. The summed E-state index contributed by atoms with van der Waals surface area (Å²) in [5.74, 6) is -0.789. The zero-order chi connectivity index (χ0) is 22.3. The van der Waals surface area contributed by atoms with Crippen LogP contribution in [0.15, 0.2) is 42.5 Å². The molecule has 160 valence electrons. The van der Waals surface area contributed by atoms with Crippen molar-refractivity contribution in [2.24, 2.45) is 5.92 Å². The lowest BCUT2D eigenvalue weighted by atomic mass is 10.0. The maximum Gasteiger partial charge on any atom is 0.252 e. The van der Waals surface area contributed by atoms with Crippen LogP contribution in [0.3, 0.4) is 0 Å². The van der Waals surface area contributed by atoms with Gasteiger partial charge in [0.2, 0.25) is 11.8 Å². The predicted molar refractivity (Wildman–Crippen MR) is 119 cm³/mol. The van der Waals surface area contributed by atoms with Crippen molar-refractivity contribution in [2.45, 2.75) is 47.1 Å². The molecule has 0 spiro atoms. The van der Waals surface area contributed by atoms with Crippen LogP contribution in [0.5, 0.6) is 0 Å². The second-order valence-corrected chi connectivity index (χ2v) is 7.98. The van der Waals surface area contributed by atoms with E-state index >= 15 is 0 Å². The first-order valence-electron chi connectivity index (χ1n) is 10.2. The first-order chi connectivity index (χ1) is 14.2. The highest BCUT2D eigenvalue weighted by molar-refractivity contribution is 6.00. The Balaban J connectivity index is 1.99. The smallest absolute Gasteiger partial charge is 0.252 e. The van der Waals surface area contributed by atoms with Crippen LogP contribution in [0.4, 0.5) is 5.69 Å². The lowest BCUT2D eigenvalue weighted by molar-refractivity contribution is -0.125. The third-order valence-corrected chi connectivity index (χ3v) is 5.02. The van der Waals surface area contributed by atoms with Crippen LogP contribution in [0, 0.1) is 26.7 Å². The fourth-order valence-corrected chi connectivity index (χ4v) is 3.14. The van der Waals surface area contributed by atoms with Gasteiger partial charge in [-0.05, 0) is 61.9 Å². The molecule has 30 heavy (non-hydrogen) atoms. The van der Waals surface area contributed by atoms with Gasteiger partial charge in [0.25, 0.3) is 5.91 Å². The molecule has 2 aromatic rings. The van der Waals surface area contributed by atoms with Crippen LogP contribution in [0.1, 0.15) is 47.3 Å². The van der Waals surface area contributed by atoms with Crippen LogP contribution in [-0.2, 0) is 9.59 Å². The second kappa shape index (κ2) is 10.6. The minimum atomic E-state index is -0.717. The molecule has 0 aliphatic heterocycles. The monoisotopic (exact) mass is 409 g/mol. The molecule has 0 aromatic heterocycles. The van der Waals surface area contributed by atoms with Gasteiger partial charge in [0, 0.05) is 11.3 Å². The first kappa shape index (κ1) is 23.1. The van der Waals surface area contributed by atoms with Gasteiger partial charge in [-0.3, -0.25) is 14.4 Å². The van der Waals surface area contributed by atoms with E-state index in [1.165, 1.54) is 0 Å². The molecule has 0 aliphatic carbocycles. The molecule has 6 heteroatoms. The fraction of sp³-hybridized carbons (Fsp3) is 0.375. The predicted octanol–water partition coefficient (Wildman–Crippen LogP) is 3.51. The van der Waals surface area contributed by atoms with E-state index in [4.69, 9.17) is 0 Å². The molecule has 0 saturated heterocycles. The number of aryl methyl sites for hydroxylation is 2. The summed E-state index contributed by atoms with van der Waals surface area (Å²) in [6.07, 6.45) is 0.474. The number of anilines is 1. The molecule has 2 rings (SSSR count). The highest BCUT2D eigenvalue weighted by Gasteiger charge is 2.23. The number of hydrogen-bond acceptors (Lipinski definition) is 3. The van der Waals surface area contributed by atoms with Crippen LogP contribution < -0.4 is 16.0 Å². The molecule has 0 saturated carbocycles. The zero-order valence-electron chi connectivity index (χ0n) is 18.3. The van der Waals surface area contributed by atoms with Crippen molar-refractivity contribution in [3.05, 3.63) is 64.7 Å². The standard InChI is InChI=1S/C24H31N3O3/c1-15(2)13-21(27-23(29)19-11-7-6-9-17(19)4)24(30)25-14-22(28)26-20-12-8-10-16(3)18(20)5/h6-12,15,21H,13-14H2,1-5H3,(H,25,30)(H,26,28)(H,27,29)/t21-/m1/s1. The summed E-state index contributed by atoms with van der Waals surface area (Å²) in [4.78, 5) is 37.6. The summed E-state index contributed by atoms with van der Waals surface area (Å²) >= 11 is 0. The van der Waals surface area contributed by atoms with E-state index in [-0.39, 0.29) is 30.2 Å². The minimum Gasteiger partial charge on any atom is -0.345 e. The number of nitrogens with one attached hydrogen (secondary N) is 3. The van der Waals surface area contributed by atoms with Crippen molar-refractivity contribution in [1.82, 2.24) is 10.6 Å². The van der Waals surface area contributed by atoms with E-state index < -0.39 is 6.04 Å². The molecular formula is C24H31N3O3. The molecule has 3 amide bonds. The summed E-state index contributed by atoms with van der Waals surface area (Å²) in [5, 5.41) is 8.28. The van der Waals surface area contributed by atoms with Gasteiger partial charge in [0.1, 0.15) is 6.04 Å². The van der Waals surface area contributed by atoms with Crippen molar-refractivity contribution < 1.29 is 14.4 Å². The minimum absolute atomic E-state index is 0.166. The van der Waals surface area contributed by atoms with Crippen molar-refractivity contribution in [2.75, 3.05) is 11.9 Å². The maximum atomic E-state index is 12.7. The first-order valence-corrected chi connectivity index (χ1v) is 10.2. The number of benzene rings is 2. The average Bonchev–Trinajstić information content (AvgIpc) is 2.69. The SMILES string of the molecule is Cc1ccccc1C(=O)N[C@H](CC(C)C)C(=O)NCC(=O)Nc1cccc(C)c1C. The van der Waals surface area contributed by atoms with E-state index in [2.05, 4.69) is 16.0 Å². The number of rotatable bonds is 8. The van der Waals surface area contributed by atoms with Gasteiger partial charge in [0.05, 0.1) is 6.54 Å². The van der Waals surface area contributed by atoms with Crippen LogP contribution in [0.2, 0.25) is 0 Å². The Kier molecular flexibility index (Phi) is 8.16. The molecule has 6 nitrogen and oxygen atoms in total. The topological polar surface area (TPSA) is 87.3 Å². The van der Waals surface area contributed by atoms with Gasteiger partial charge in [-0.15, -0.1) is 0 Å². The normalized spacial score (nSPS) is 11.7. The van der Waals surface area contributed by atoms with Crippen LogP contribution in [-0.4, -0.2) is 30.3 Å².